The molecule has 1 heterocycles. The van der Waals surface area contributed by atoms with Crippen LogP contribution in [0.3, 0.4) is 0 Å². The molecule has 1 aliphatic rings. The van der Waals surface area contributed by atoms with Crippen LogP contribution in [0.25, 0.3) is 0 Å². The van der Waals surface area contributed by atoms with Crippen LogP contribution >= 0.6 is 12.4 Å². The van der Waals surface area contributed by atoms with Crippen LogP contribution in [0.5, 0.6) is 0 Å². The third-order valence-electron chi connectivity index (χ3n) is 2.75. The molecule has 0 aromatic carbocycles. The Labute approximate surface area is 91.5 Å². The van der Waals surface area contributed by atoms with Gasteiger partial charge in [-0.05, 0) is 25.0 Å². The fourth-order valence-electron chi connectivity index (χ4n) is 1.96. The van der Waals surface area contributed by atoms with E-state index in [0.717, 1.165) is 18.3 Å². The second kappa shape index (κ2) is 6.10. The number of rotatable bonds is 3. The van der Waals surface area contributed by atoms with Gasteiger partial charge in [-0.25, -0.2) is 0 Å². The van der Waals surface area contributed by atoms with Crippen LogP contribution in [0.15, 0.2) is 22.8 Å². The molecule has 0 amide bonds. The molecule has 0 unspecified atom stereocenters. The molecule has 2 nitrogen and oxygen atoms in total. The summed E-state index contributed by atoms with van der Waals surface area (Å²) in [6.07, 6.45) is 8.59. The van der Waals surface area contributed by atoms with Gasteiger partial charge in [0.2, 0.25) is 0 Å². The van der Waals surface area contributed by atoms with E-state index in [1.165, 1.54) is 32.1 Å². The maximum Gasteiger partial charge on any atom is 0.117 e. The first-order valence-corrected chi connectivity index (χ1v) is 5.21. The summed E-state index contributed by atoms with van der Waals surface area (Å²) < 4.78 is 5.26. The Hall–Kier alpha value is -0.470. The van der Waals surface area contributed by atoms with Crippen molar-refractivity contribution in [1.82, 2.24) is 5.32 Å². The van der Waals surface area contributed by atoms with Crippen molar-refractivity contribution in [2.45, 2.75) is 44.7 Å². The molecule has 1 aliphatic carbocycles. The van der Waals surface area contributed by atoms with Crippen molar-refractivity contribution in [3.63, 3.8) is 0 Å². The first-order chi connectivity index (χ1) is 6.45. The highest BCUT2D eigenvalue weighted by Gasteiger charge is 2.12. The molecule has 0 radical (unpaired) electrons. The second-order valence-electron chi connectivity index (χ2n) is 3.80. The molecule has 0 atom stereocenters. The van der Waals surface area contributed by atoms with Crippen molar-refractivity contribution in [1.29, 1.82) is 0 Å². The molecule has 1 aromatic rings. The van der Waals surface area contributed by atoms with Crippen LogP contribution < -0.4 is 5.32 Å². The molecule has 14 heavy (non-hydrogen) atoms. The summed E-state index contributed by atoms with van der Waals surface area (Å²) in [6, 6.07) is 4.69. The first kappa shape index (κ1) is 11.6. The molecular formula is C11H18ClNO. The highest BCUT2D eigenvalue weighted by Crippen LogP contribution is 2.17. The van der Waals surface area contributed by atoms with Gasteiger partial charge < -0.3 is 9.73 Å². The van der Waals surface area contributed by atoms with Crippen molar-refractivity contribution >= 4 is 12.4 Å². The van der Waals surface area contributed by atoms with Gasteiger partial charge in [-0.1, -0.05) is 19.3 Å². The molecule has 1 aromatic heterocycles. The fourth-order valence-corrected chi connectivity index (χ4v) is 1.96. The number of hydrogen-bond donors (Lipinski definition) is 1. The van der Waals surface area contributed by atoms with Gasteiger partial charge in [0.05, 0.1) is 12.8 Å². The van der Waals surface area contributed by atoms with Gasteiger partial charge >= 0.3 is 0 Å². The van der Waals surface area contributed by atoms with Crippen LogP contribution in [-0.4, -0.2) is 6.04 Å². The van der Waals surface area contributed by atoms with Crippen molar-refractivity contribution < 1.29 is 4.42 Å². The molecule has 0 bridgehead atoms. The summed E-state index contributed by atoms with van der Waals surface area (Å²) >= 11 is 0. The summed E-state index contributed by atoms with van der Waals surface area (Å²) in [7, 11) is 0. The lowest BCUT2D eigenvalue weighted by atomic mass is 9.95. The van der Waals surface area contributed by atoms with Crippen molar-refractivity contribution in [2.75, 3.05) is 0 Å². The monoisotopic (exact) mass is 215 g/mol. The minimum absolute atomic E-state index is 0. The van der Waals surface area contributed by atoms with Gasteiger partial charge in [0.1, 0.15) is 5.76 Å². The number of furan rings is 1. The Morgan fingerprint density at radius 2 is 2.07 bits per heavy atom. The van der Waals surface area contributed by atoms with E-state index >= 15 is 0 Å². The summed E-state index contributed by atoms with van der Waals surface area (Å²) in [4.78, 5) is 0. The summed E-state index contributed by atoms with van der Waals surface area (Å²) in [5.41, 5.74) is 0. The highest BCUT2D eigenvalue weighted by molar-refractivity contribution is 5.85. The van der Waals surface area contributed by atoms with Crippen molar-refractivity contribution in [3.8, 4) is 0 Å². The molecule has 3 heteroatoms. The van der Waals surface area contributed by atoms with Gasteiger partial charge in [-0.15, -0.1) is 12.4 Å². The Morgan fingerprint density at radius 1 is 1.29 bits per heavy atom. The van der Waals surface area contributed by atoms with E-state index in [0.29, 0.717) is 0 Å². The molecule has 1 saturated carbocycles. The Balaban J connectivity index is 0.000000980. The van der Waals surface area contributed by atoms with E-state index in [4.69, 9.17) is 4.42 Å². The van der Waals surface area contributed by atoms with Crippen LogP contribution in [0, 0.1) is 0 Å². The standard InChI is InChI=1S/C11H17NO.ClH/c1-2-5-10(6-3-1)12-9-11-7-4-8-13-11;/h4,7-8,10,12H,1-3,5-6,9H2;1H. The number of halogens is 1. The molecule has 2 rings (SSSR count). The summed E-state index contributed by atoms with van der Waals surface area (Å²) in [5.74, 6) is 1.05. The van der Waals surface area contributed by atoms with Crippen LogP contribution in [0.2, 0.25) is 0 Å². The molecule has 80 valence electrons. The van der Waals surface area contributed by atoms with E-state index < -0.39 is 0 Å². The first-order valence-electron chi connectivity index (χ1n) is 5.21. The minimum Gasteiger partial charge on any atom is -0.468 e. The van der Waals surface area contributed by atoms with E-state index in [1.807, 2.05) is 12.1 Å². The normalized spacial score (nSPS) is 17.7. The van der Waals surface area contributed by atoms with E-state index in [-0.39, 0.29) is 12.4 Å². The highest BCUT2D eigenvalue weighted by atomic mass is 35.5. The summed E-state index contributed by atoms with van der Waals surface area (Å²) in [5, 5.41) is 3.53. The zero-order valence-corrected chi connectivity index (χ0v) is 9.19. The van der Waals surface area contributed by atoms with Gasteiger partial charge in [0.25, 0.3) is 0 Å². The third kappa shape index (κ3) is 3.35. The molecule has 0 spiro atoms. The quantitative estimate of drug-likeness (QED) is 0.838. The predicted molar refractivity (Wildman–Crippen MR) is 59.7 cm³/mol. The fraction of sp³-hybridized carbons (Fsp3) is 0.636. The largest absolute Gasteiger partial charge is 0.468 e. The van der Waals surface area contributed by atoms with Crippen LogP contribution in [0.1, 0.15) is 37.9 Å². The predicted octanol–water partition coefficient (Wildman–Crippen LogP) is 3.12. The van der Waals surface area contributed by atoms with Crippen LogP contribution in [0.4, 0.5) is 0 Å². The maximum atomic E-state index is 5.26. The SMILES string of the molecule is Cl.c1coc(CNC2CCCCC2)c1. The topological polar surface area (TPSA) is 25.2 Å². The lowest BCUT2D eigenvalue weighted by molar-refractivity contribution is 0.356. The van der Waals surface area contributed by atoms with Crippen LogP contribution in [-0.2, 0) is 6.54 Å². The molecule has 0 saturated heterocycles. The van der Waals surface area contributed by atoms with Gasteiger partial charge in [-0.3, -0.25) is 0 Å². The number of nitrogens with one attached hydrogen (secondary N) is 1. The van der Waals surface area contributed by atoms with Gasteiger partial charge in [0, 0.05) is 6.04 Å². The van der Waals surface area contributed by atoms with E-state index in [9.17, 15) is 0 Å². The number of hydrogen-bond acceptors (Lipinski definition) is 2. The smallest absolute Gasteiger partial charge is 0.117 e. The maximum absolute atomic E-state index is 5.26. The zero-order chi connectivity index (χ0) is 8.93. The van der Waals surface area contributed by atoms with Crippen molar-refractivity contribution in [3.05, 3.63) is 24.2 Å². The van der Waals surface area contributed by atoms with Gasteiger partial charge in [0.15, 0.2) is 0 Å². The summed E-state index contributed by atoms with van der Waals surface area (Å²) in [6.45, 7) is 0.887. The van der Waals surface area contributed by atoms with Gasteiger partial charge in [-0.2, -0.15) is 0 Å². The Morgan fingerprint density at radius 3 is 2.71 bits per heavy atom. The lowest BCUT2D eigenvalue weighted by Gasteiger charge is -2.22. The lowest BCUT2D eigenvalue weighted by Crippen LogP contribution is -2.30. The third-order valence-corrected chi connectivity index (χ3v) is 2.75. The minimum atomic E-state index is 0. The Bertz CT molecular complexity index is 229. The second-order valence-corrected chi connectivity index (χ2v) is 3.80. The molecule has 1 N–H and O–H groups in total. The Kier molecular flexibility index (Phi) is 5.05. The molecule has 1 fully saturated rings. The average Bonchev–Trinajstić information content (AvgIpc) is 2.69. The van der Waals surface area contributed by atoms with Crippen molar-refractivity contribution in [2.24, 2.45) is 0 Å². The zero-order valence-electron chi connectivity index (χ0n) is 8.37. The van der Waals surface area contributed by atoms with E-state index in [1.54, 1.807) is 6.26 Å². The van der Waals surface area contributed by atoms with E-state index in [2.05, 4.69) is 5.32 Å². The molecular weight excluding hydrogens is 198 g/mol. The average molecular weight is 216 g/mol. The molecule has 0 aliphatic heterocycles.